The Labute approximate surface area is 428 Å². The molecule has 0 aliphatic rings. The lowest BCUT2D eigenvalue weighted by Crippen LogP contribution is -2.07. The molecule has 0 unspecified atom stereocenters. The van der Waals surface area contributed by atoms with Crippen LogP contribution in [0.2, 0.25) is 0 Å². The van der Waals surface area contributed by atoms with E-state index < -0.39 is 0 Å². The SMILES string of the molecule is c1ccc(-c2cccc(-c3cc(-c4cccc(-c5ccccc5)c4)cc(-n4c5ccccc5c5ccc6c7ccccc7n(-c7nc(-c8ccccc8)nc(-c8cccc(-c9ccccc9)c8)n7)c6c54)c3)c2)cc1. The molecule has 0 saturated carbocycles. The van der Waals surface area contributed by atoms with E-state index in [9.17, 15) is 0 Å². The Morgan fingerprint density at radius 3 is 1.04 bits per heavy atom. The molecule has 0 N–H and O–H groups in total. The van der Waals surface area contributed by atoms with Gasteiger partial charge in [-0.15, -0.1) is 0 Å². The van der Waals surface area contributed by atoms with Crippen molar-refractivity contribution in [1.29, 1.82) is 0 Å². The first-order valence-electron chi connectivity index (χ1n) is 25.1. The number of fused-ring (bicyclic) bond motifs is 7. The minimum absolute atomic E-state index is 0.541. The molecular formula is C69H45N5. The number of hydrogen-bond acceptors (Lipinski definition) is 3. The zero-order valence-corrected chi connectivity index (χ0v) is 40.2. The zero-order chi connectivity index (χ0) is 49.0. The largest absolute Gasteiger partial charge is 0.307 e. The molecule has 14 aromatic rings. The fourth-order valence-electron chi connectivity index (χ4n) is 10.8. The maximum absolute atomic E-state index is 5.48. The Hall–Kier alpha value is -9.97. The third kappa shape index (κ3) is 7.54. The lowest BCUT2D eigenvalue weighted by Gasteiger charge is -2.16. The summed E-state index contributed by atoms with van der Waals surface area (Å²) in [7, 11) is 0. The molecule has 0 saturated heterocycles. The van der Waals surface area contributed by atoms with Gasteiger partial charge in [0, 0.05) is 38.4 Å². The van der Waals surface area contributed by atoms with Crippen molar-refractivity contribution in [2.75, 3.05) is 0 Å². The van der Waals surface area contributed by atoms with Crippen molar-refractivity contribution in [2.45, 2.75) is 0 Å². The molecule has 3 aromatic heterocycles. The molecule has 5 heteroatoms. The van der Waals surface area contributed by atoms with Crippen LogP contribution in [0.5, 0.6) is 0 Å². The van der Waals surface area contributed by atoms with Crippen LogP contribution in [0.4, 0.5) is 0 Å². The van der Waals surface area contributed by atoms with Gasteiger partial charge in [0.1, 0.15) is 0 Å². The topological polar surface area (TPSA) is 48.5 Å². The molecule has 5 nitrogen and oxygen atoms in total. The Bertz CT molecular complexity index is 4300. The van der Waals surface area contributed by atoms with E-state index in [4.69, 9.17) is 15.0 Å². The summed E-state index contributed by atoms with van der Waals surface area (Å²) < 4.78 is 4.75. The van der Waals surface area contributed by atoms with Crippen molar-refractivity contribution < 1.29 is 0 Å². The van der Waals surface area contributed by atoms with E-state index >= 15 is 0 Å². The summed E-state index contributed by atoms with van der Waals surface area (Å²) in [6.45, 7) is 0. The zero-order valence-electron chi connectivity index (χ0n) is 40.2. The lowest BCUT2D eigenvalue weighted by molar-refractivity contribution is 0.953. The van der Waals surface area contributed by atoms with Crippen molar-refractivity contribution >= 4 is 43.6 Å². The molecule has 0 radical (unpaired) electrons. The number of hydrogen-bond donors (Lipinski definition) is 0. The summed E-state index contributed by atoms with van der Waals surface area (Å²) >= 11 is 0. The summed E-state index contributed by atoms with van der Waals surface area (Å²) in [5.41, 5.74) is 18.5. The summed E-state index contributed by atoms with van der Waals surface area (Å²) in [4.78, 5) is 16.1. The molecule has 0 bridgehead atoms. The Morgan fingerprint density at radius 1 is 0.216 bits per heavy atom. The van der Waals surface area contributed by atoms with Crippen LogP contribution in [-0.4, -0.2) is 24.1 Å². The molecule has 74 heavy (non-hydrogen) atoms. The third-order valence-corrected chi connectivity index (χ3v) is 14.3. The smallest absolute Gasteiger partial charge is 0.238 e. The molecule has 0 aliphatic heterocycles. The van der Waals surface area contributed by atoms with Gasteiger partial charge in [-0.05, 0) is 104 Å². The Kier molecular flexibility index (Phi) is 10.4. The quantitative estimate of drug-likeness (QED) is 0.145. The summed E-state index contributed by atoms with van der Waals surface area (Å²) in [6, 6.07) is 97.4. The number of nitrogens with zero attached hydrogens (tertiary/aromatic N) is 5. The molecule has 14 rings (SSSR count). The second-order valence-electron chi connectivity index (χ2n) is 18.8. The van der Waals surface area contributed by atoms with E-state index in [0.29, 0.717) is 17.6 Å². The molecule has 0 fully saturated rings. The van der Waals surface area contributed by atoms with Gasteiger partial charge in [-0.3, -0.25) is 4.57 Å². The standard InChI is InChI=1S/C69H45N5/c1-5-20-46(21-6-1)50-28-17-31-53(40-50)56-43-57(54-32-18-29-51(41-54)47-22-7-2-8-23-47)45-58(44-56)73-63-36-15-13-34-59(63)61-38-39-62-60-35-14-16-37-64(60)74(66(62)65(61)73)69-71-67(49-26-11-4-12-27-49)70-68(72-69)55-33-19-30-52(42-55)48-24-9-3-10-25-48/h1-45H. The van der Waals surface area contributed by atoms with Crippen molar-refractivity contribution in [3.63, 3.8) is 0 Å². The van der Waals surface area contributed by atoms with E-state index in [0.717, 1.165) is 93.8 Å². The maximum Gasteiger partial charge on any atom is 0.238 e. The number of aromatic nitrogens is 5. The first-order valence-corrected chi connectivity index (χ1v) is 25.1. The highest BCUT2D eigenvalue weighted by Gasteiger charge is 2.24. The van der Waals surface area contributed by atoms with Gasteiger partial charge in [-0.1, -0.05) is 224 Å². The number of rotatable bonds is 9. The molecule has 346 valence electrons. The summed E-state index contributed by atoms with van der Waals surface area (Å²) in [5, 5.41) is 4.51. The van der Waals surface area contributed by atoms with Crippen molar-refractivity contribution in [2.24, 2.45) is 0 Å². The van der Waals surface area contributed by atoms with Gasteiger partial charge in [0.05, 0.1) is 22.1 Å². The van der Waals surface area contributed by atoms with Gasteiger partial charge in [-0.25, -0.2) is 4.98 Å². The molecule has 0 spiro atoms. The van der Waals surface area contributed by atoms with Crippen LogP contribution >= 0.6 is 0 Å². The van der Waals surface area contributed by atoms with Crippen LogP contribution in [-0.2, 0) is 0 Å². The van der Waals surface area contributed by atoms with Crippen LogP contribution in [0.1, 0.15) is 0 Å². The molecule has 0 atom stereocenters. The van der Waals surface area contributed by atoms with Crippen LogP contribution in [0.3, 0.4) is 0 Å². The fourth-order valence-corrected chi connectivity index (χ4v) is 10.8. The second-order valence-corrected chi connectivity index (χ2v) is 18.8. The summed E-state index contributed by atoms with van der Waals surface area (Å²) in [6.07, 6.45) is 0. The van der Waals surface area contributed by atoms with Gasteiger partial charge in [0.25, 0.3) is 0 Å². The first kappa shape index (κ1) is 42.9. The van der Waals surface area contributed by atoms with Crippen LogP contribution in [0.25, 0.3) is 134 Å². The predicted molar refractivity (Wildman–Crippen MR) is 307 cm³/mol. The molecular weight excluding hydrogens is 899 g/mol. The monoisotopic (exact) mass is 943 g/mol. The highest BCUT2D eigenvalue weighted by atomic mass is 15.2. The molecule has 0 aliphatic carbocycles. The third-order valence-electron chi connectivity index (χ3n) is 14.3. The van der Waals surface area contributed by atoms with Gasteiger partial charge in [0.2, 0.25) is 5.95 Å². The maximum atomic E-state index is 5.48. The Morgan fingerprint density at radius 2 is 0.554 bits per heavy atom. The van der Waals surface area contributed by atoms with Gasteiger partial charge in [-0.2, -0.15) is 9.97 Å². The van der Waals surface area contributed by atoms with Gasteiger partial charge in [0.15, 0.2) is 11.6 Å². The second kappa shape index (κ2) is 18.0. The van der Waals surface area contributed by atoms with Gasteiger partial charge >= 0.3 is 0 Å². The number of para-hydroxylation sites is 2. The minimum Gasteiger partial charge on any atom is -0.307 e. The van der Waals surface area contributed by atoms with E-state index in [1.165, 1.54) is 22.3 Å². The highest BCUT2D eigenvalue weighted by molar-refractivity contribution is 6.23. The van der Waals surface area contributed by atoms with Crippen molar-refractivity contribution in [3.8, 4) is 90.0 Å². The average Bonchev–Trinajstić information content (AvgIpc) is 4.07. The lowest BCUT2D eigenvalue weighted by atomic mass is 9.94. The molecule has 11 aromatic carbocycles. The Balaban J connectivity index is 1.06. The van der Waals surface area contributed by atoms with E-state index in [2.05, 4.69) is 258 Å². The van der Waals surface area contributed by atoms with E-state index in [-0.39, 0.29) is 0 Å². The summed E-state index contributed by atoms with van der Waals surface area (Å²) in [5.74, 6) is 1.74. The van der Waals surface area contributed by atoms with E-state index in [1.807, 2.05) is 24.3 Å². The van der Waals surface area contributed by atoms with Crippen LogP contribution in [0.15, 0.2) is 273 Å². The van der Waals surface area contributed by atoms with Gasteiger partial charge < -0.3 is 4.57 Å². The minimum atomic E-state index is 0.541. The fraction of sp³-hybridized carbons (Fsp3) is 0. The van der Waals surface area contributed by atoms with E-state index in [1.54, 1.807) is 0 Å². The molecule has 3 heterocycles. The number of benzene rings is 11. The van der Waals surface area contributed by atoms with Crippen molar-refractivity contribution in [3.05, 3.63) is 273 Å². The van der Waals surface area contributed by atoms with Crippen LogP contribution in [0, 0.1) is 0 Å². The normalized spacial score (nSPS) is 11.5. The first-order chi connectivity index (χ1) is 36.7. The highest BCUT2D eigenvalue weighted by Crippen LogP contribution is 2.43. The molecule has 0 amide bonds. The average molecular weight is 944 g/mol. The van der Waals surface area contributed by atoms with Crippen LogP contribution < -0.4 is 0 Å². The van der Waals surface area contributed by atoms with Crippen molar-refractivity contribution in [1.82, 2.24) is 24.1 Å². The predicted octanol–water partition coefficient (Wildman–Crippen LogP) is 17.7.